The minimum absolute atomic E-state index is 1.04. The number of fused-ring (bicyclic) bond motifs is 1. The highest BCUT2D eigenvalue weighted by Gasteiger charge is 2.16. The number of rotatable bonds is 1. The lowest BCUT2D eigenvalue weighted by molar-refractivity contribution is 0.666. The minimum Gasteiger partial charge on any atom is -0.237 e. The fourth-order valence-electron chi connectivity index (χ4n) is 2.67. The third-order valence-electron chi connectivity index (χ3n) is 3.46. The largest absolute Gasteiger partial charge is 0.237 e. The maximum Gasteiger partial charge on any atom is 0.157 e. The van der Waals surface area contributed by atoms with Crippen molar-refractivity contribution < 1.29 is 0 Å². The molecule has 3 nitrogen and oxygen atoms in total. The lowest BCUT2D eigenvalue weighted by Gasteiger charge is -2.18. The summed E-state index contributed by atoms with van der Waals surface area (Å²) in [5.41, 5.74) is 5.06. The van der Waals surface area contributed by atoms with Crippen LogP contribution in [-0.2, 0) is 12.8 Å². The summed E-state index contributed by atoms with van der Waals surface area (Å²) in [6.07, 6.45) is 6.80. The Hall–Kier alpha value is -1.64. The van der Waals surface area contributed by atoms with Gasteiger partial charge in [0.1, 0.15) is 0 Å². The van der Waals surface area contributed by atoms with Crippen molar-refractivity contribution in [2.24, 2.45) is 0 Å². The second kappa shape index (κ2) is 3.99. The van der Waals surface area contributed by atoms with E-state index in [1.54, 1.807) is 0 Å². The van der Waals surface area contributed by atoms with E-state index in [0.717, 1.165) is 23.6 Å². The fraction of sp³-hybridized carbons (Fsp3) is 0.429. The number of hydrogen-bond donors (Lipinski definition) is 0. The van der Waals surface area contributed by atoms with Gasteiger partial charge in [0.15, 0.2) is 5.82 Å². The van der Waals surface area contributed by atoms with Crippen LogP contribution in [0.2, 0.25) is 0 Å². The maximum atomic E-state index is 4.54. The predicted molar refractivity (Wildman–Crippen MR) is 67.5 cm³/mol. The van der Waals surface area contributed by atoms with Gasteiger partial charge >= 0.3 is 0 Å². The molecule has 0 saturated carbocycles. The Morgan fingerprint density at radius 1 is 1.18 bits per heavy atom. The van der Waals surface area contributed by atoms with E-state index in [0.29, 0.717) is 0 Å². The van der Waals surface area contributed by atoms with Gasteiger partial charge in [0.25, 0.3) is 0 Å². The molecule has 0 aromatic carbocycles. The van der Waals surface area contributed by atoms with E-state index >= 15 is 0 Å². The van der Waals surface area contributed by atoms with E-state index in [-0.39, 0.29) is 0 Å². The standard InChI is InChI=1S/C14H17N3/c1-10-9-11(2)17(16-10)14-13-6-4-3-5-12(13)7-8-15-14/h7-9H,3-6H2,1-2H3. The molecule has 0 bridgehead atoms. The zero-order chi connectivity index (χ0) is 11.8. The molecule has 1 aliphatic rings. The lowest BCUT2D eigenvalue weighted by Crippen LogP contribution is -2.12. The molecule has 0 fully saturated rings. The van der Waals surface area contributed by atoms with Crippen LogP contribution in [-0.4, -0.2) is 14.8 Å². The van der Waals surface area contributed by atoms with E-state index in [1.807, 2.05) is 17.8 Å². The van der Waals surface area contributed by atoms with Gasteiger partial charge in [-0.25, -0.2) is 9.67 Å². The first kappa shape index (κ1) is 10.5. The zero-order valence-corrected chi connectivity index (χ0v) is 10.4. The molecule has 3 rings (SSSR count). The first-order chi connectivity index (χ1) is 8.25. The Kier molecular flexibility index (Phi) is 2.46. The van der Waals surface area contributed by atoms with Crippen LogP contribution in [0.15, 0.2) is 18.3 Å². The molecule has 0 spiro atoms. The third kappa shape index (κ3) is 1.75. The Morgan fingerprint density at radius 3 is 2.76 bits per heavy atom. The predicted octanol–water partition coefficient (Wildman–Crippen LogP) is 2.76. The highest BCUT2D eigenvalue weighted by atomic mass is 15.3. The number of aryl methyl sites for hydroxylation is 3. The van der Waals surface area contributed by atoms with Crippen molar-refractivity contribution in [2.75, 3.05) is 0 Å². The summed E-state index contributed by atoms with van der Waals surface area (Å²) in [4.78, 5) is 4.54. The average Bonchev–Trinajstić information content (AvgIpc) is 2.68. The van der Waals surface area contributed by atoms with Gasteiger partial charge in [-0.2, -0.15) is 5.10 Å². The van der Waals surface area contributed by atoms with Crippen LogP contribution >= 0.6 is 0 Å². The molecule has 0 saturated heterocycles. The lowest BCUT2D eigenvalue weighted by atomic mass is 9.92. The summed E-state index contributed by atoms with van der Waals surface area (Å²) < 4.78 is 1.99. The molecule has 2 aromatic heterocycles. The van der Waals surface area contributed by atoms with Gasteiger partial charge in [0.2, 0.25) is 0 Å². The molecule has 0 aliphatic heterocycles. The average molecular weight is 227 g/mol. The molecule has 0 N–H and O–H groups in total. The van der Waals surface area contributed by atoms with Gasteiger partial charge in [0, 0.05) is 17.5 Å². The van der Waals surface area contributed by atoms with Crippen LogP contribution in [0.5, 0.6) is 0 Å². The van der Waals surface area contributed by atoms with Crippen molar-refractivity contribution in [1.29, 1.82) is 0 Å². The Bertz CT molecular complexity index is 555. The maximum absolute atomic E-state index is 4.54. The third-order valence-corrected chi connectivity index (χ3v) is 3.46. The molecular formula is C14H17N3. The molecule has 3 heteroatoms. The molecule has 0 atom stereocenters. The van der Waals surface area contributed by atoms with E-state index in [2.05, 4.69) is 29.1 Å². The zero-order valence-electron chi connectivity index (χ0n) is 10.4. The molecule has 0 amide bonds. The van der Waals surface area contributed by atoms with Crippen LogP contribution < -0.4 is 0 Å². The number of hydrogen-bond acceptors (Lipinski definition) is 2. The van der Waals surface area contributed by atoms with Crippen molar-refractivity contribution >= 4 is 0 Å². The highest BCUT2D eigenvalue weighted by Crippen LogP contribution is 2.25. The Labute approximate surface area is 101 Å². The second-order valence-electron chi connectivity index (χ2n) is 4.82. The monoisotopic (exact) mass is 227 g/mol. The van der Waals surface area contributed by atoms with Crippen LogP contribution in [0.4, 0.5) is 0 Å². The van der Waals surface area contributed by atoms with Crippen LogP contribution in [0.3, 0.4) is 0 Å². The Morgan fingerprint density at radius 2 is 2.00 bits per heavy atom. The van der Waals surface area contributed by atoms with Gasteiger partial charge in [-0.15, -0.1) is 0 Å². The van der Waals surface area contributed by atoms with Gasteiger partial charge in [0.05, 0.1) is 5.69 Å². The number of aromatic nitrogens is 3. The molecule has 88 valence electrons. The van der Waals surface area contributed by atoms with Crippen LogP contribution in [0.1, 0.15) is 35.4 Å². The summed E-state index contributed by atoms with van der Waals surface area (Å²) in [5.74, 6) is 1.04. The normalized spacial score (nSPS) is 14.7. The van der Waals surface area contributed by atoms with Gasteiger partial charge in [-0.3, -0.25) is 0 Å². The fourth-order valence-corrected chi connectivity index (χ4v) is 2.67. The Balaban J connectivity index is 2.17. The quantitative estimate of drug-likeness (QED) is 0.750. The molecule has 0 radical (unpaired) electrons. The van der Waals surface area contributed by atoms with Gasteiger partial charge in [-0.1, -0.05) is 0 Å². The van der Waals surface area contributed by atoms with Crippen LogP contribution in [0.25, 0.3) is 5.82 Å². The first-order valence-electron chi connectivity index (χ1n) is 6.26. The molecule has 2 aromatic rings. The van der Waals surface area contributed by atoms with Crippen molar-refractivity contribution in [3.8, 4) is 5.82 Å². The smallest absolute Gasteiger partial charge is 0.157 e. The molecule has 17 heavy (non-hydrogen) atoms. The summed E-state index contributed by atoms with van der Waals surface area (Å²) in [7, 11) is 0. The van der Waals surface area contributed by atoms with Crippen molar-refractivity contribution in [2.45, 2.75) is 39.5 Å². The number of nitrogens with zero attached hydrogens (tertiary/aromatic N) is 3. The summed E-state index contributed by atoms with van der Waals surface area (Å²) >= 11 is 0. The first-order valence-corrected chi connectivity index (χ1v) is 6.26. The molecule has 0 unspecified atom stereocenters. The highest BCUT2D eigenvalue weighted by molar-refractivity contribution is 5.42. The number of pyridine rings is 1. The summed E-state index contributed by atoms with van der Waals surface area (Å²) in [6, 6.07) is 4.26. The van der Waals surface area contributed by atoms with Gasteiger partial charge < -0.3 is 0 Å². The molecular weight excluding hydrogens is 210 g/mol. The molecule has 2 heterocycles. The summed E-state index contributed by atoms with van der Waals surface area (Å²) in [6.45, 7) is 4.11. The van der Waals surface area contributed by atoms with E-state index in [1.165, 1.54) is 30.4 Å². The minimum atomic E-state index is 1.04. The van der Waals surface area contributed by atoms with E-state index < -0.39 is 0 Å². The van der Waals surface area contributed by atoms with Crippen molar-refractivity contribution in [1.82, 2.24) is 14.8 Å². The van der Waals surface area contributed by atoms with E-state index in [9.17, 15) is 0 Å². The second-order valence-corrected chi connectivity index (χ2v) is 4.82. The summed E-state index contributed by atoms with van der Waals surface area (Å²) in [5, 5.41) is 4.54. The molecule has 1 aliphatic carbocycles. The van der Waals surface area contributed by atoms with Crippen molar-refractivity contribution in [3.63, 3.8) is 0 Å². The van der Waals surface area contributed by atoms with Gasteiger partial charge in [-0.05, 0) is 57.2 Å². The SMILES string of the molecule is Cc1cc(C)n(-c2nccc3c2CCCC3)n1. The topological polar surface area (TPSA) is 30.7 Å². The van der Waals surface area contributed by atoms with Crippen LogP contribution in [0, 0.1) is 13.8 Å². The van der Waals surface area contributed by atoms with E-state index in [4.69, 9.17) is 0 Å². The van der Waals surface area contributed by atoms with Crippen molar-refractivity contribution in [3.05, 3.63) is 40.8 Å².